The maximum Gasteiger partial charge on any atom is 0.258 e. The average molecular weight is 289 g/mol. The van der Waals surface area contributed by atoms with Crippen molar-refractivity contribution < 1.29 is 4.74 Å². The summed E-state index contributed by atoms with van der Waals surface area (Å²) in [6, 6.07) is 1.79. The van der Waals surface area contributed by atoms with Gasteiger partial charge in [-0.1, -0.05) is 11.8 Å². The van der Waals surface area contributed by atoms with Gasteiger partial charge >= 0.3 is 0 Å². The summed E-state index contributed by atoms with van der Waals surface area (Å²) in [5.41, 5.74) is 6.56. The molecule has 3 aromatic rings. The topological polar surface area (TPSA) is 104 Å². The maximum atomic E-state index is 5.84. The molecule has 0 unspecified atom stereocenters. The lowest BCUT2D eigenvalue weighted by atomic mass is 10.2. The number of thioether (sulfide) groups is 1. The van der Waals surface area contributed by atoms with Gasteiger partial charge in [0.15, 0.2) is 11.0 Å². The molecule has 0 radical (unpaired) electrons. The molecule has 0 bridgehead atoms. The summed E-state index contributed by atoms with van der Waals surface area (Å²) in [6.45, 7) is 0. The van der Waals surface area contributed by atoms with E-state index in [2.05, 4.69) is 25.0 Å². The zero-order chi connectivity index (χ0) is 14.1. The fraction of sp³-hybridized carbons (Fsp3) is 0.182. The first-order valence-electron chi connectivity index (χ1n) is 5.65. The van der Waals surface area contributed by atoms with E-state index in [4.69, 9.17) is 10.5 Å². The zero-order valence-corrected chi connectivity index (χ0v) is 11.6. The van der Waals surface area contributed by atoms with Crippen molar-refractivity contribution in [3.05, 3.63) is 18.5 Å². The normalized spacial score (nSPS) is 10.9. The third-order valence-electron chi connectivity index (χ3n) is 2.60. The summed E-state index contributed by atoms with van der Waals surface area (Å²) in [4.78, 5) is 16.8. The molecule has 0 aliphatic carbocycles. The molecule has 8 nitrogen and oxygen atoms in total. The van der Waals surface area contributed by atoms with Crippen LogP contribution in [0.25, 0.3) is 17.2 Å². The zero-order valence-electron chi connectivity index (χ0n) is 10.8. The molecule has 2 N–H and O–H groups in total. The van der Waals surface area contributed by atoms with Gasteiger partial charge in [0.05, 0.1) is 13.3 Å². The highest BCUT2D eigenvalue weighted by molar-refractivity contribution is 7.98. The van der Waals surface area contributed by atoms with E-state index in [-0.39, 0.29) is 5.95 Å². The summed E-state index contributed by atoms with van der Waals surface area (Å²) in [5.74, 6) is 1.74. The number of fused-ring (bicyclic) bond motifs is 1. The Balaban J connectivity index is 2.14. The van der Waals surface area contributed by atoms with Crippen molar-refractivity contribution in [1.82, 2.24) is 29.5 Å². The van der Waals surface area contributed by atoms with Gasteiger partial charge in [-0.3, -0.25) is 4.98 Å². The molecule has 0 atom stereocenters. The smallest absolute Gasteiger partial charge is 0.258 e. The lowest BCUT2D eigenvalue weighted by Crippen LogP contribution is -2.04. The standard InChI is InChI=1S/C11H11N7OS/c1-19-7-3-6(4-13-5-7)8-14-10-16-11(20-2)15-9(12)18(10)17-8/h3-5H,1-2H3,(H2,12,14,15,16,17). The Morgan fingerprint density at radius 1 is 1.25 bits per heavy atom. The molecular weight excluding hydrogens is 278 g/mol. The number of anilines is 1. The first-order valence-corrected chi connectivity index (χ1v) is 6.87. The highest BCUT2D eigenvalue weighted by Gasteiger charge is 2.12. The Morgan fingerprint density at radius 2 is 2.10 bits per heavy atom. The van der Waals surface area contributed by atoms with Gasteiger partial charge in [0.25, 0.3) is 5.78 Å². The van der Waals surface area contributed by atoms with Crippen LogP contribution in [-0.4, -0.2) is 42.9 Å². The second-order valence-corrected chi connectivity index (χ2v) is 4.60. The van der Waals surface area contributed by atoms with Crippen LogP contribution in [0.15, 0.2) is 23.6 Å². The van der Waals surface area contributed by atoms with Crippen LogP contribution in [-0.2, 0) is 0 Å². The van der Waals surface area contributed by atoms with Crippen molar-refractivity contribution in [3.63, 3.8) is 0 Å². The second-order valence-electron chi connectivity index (χ2n) is 3.83. The number of pyridine rings is 1. The average Bonchev–Trinajstić information content (AvgIpc) is 2.92. The molecule has 0 amide bonds. The molecule has 102 valence electrons. The molecule has 0 saturated carbocycles. The van der Waals surface area contributed by atoms with E-state index in [0.717, 1.165) is 5.56 Å². The molecule has 0 fully saturated rings. The van der Waals surface area contributed by atoms with Gasteiger partial charge in [-0.25, -0.2) is 0 Å². The molecule has 20 heavy (non-hydrogen) atoms. The van der Waals surface area contributed by atoms with Crippen LogP contribution in [0.3, 0.4) is 0 Å². The third kappa shape index (κ3) is 2.11. The molecule has 9 heteroatoms. The lowest BCUT2D eigenvalue weighted by Gasteiger charge is -1.99. The fourth-order valence-electron chi connectivity index (χ4n) is 1.65. The number of nitrogens with two attached hydrogens (primary N) is 1. The number of nitrogens with zero attached hydrogens (tertiary/aromatic N) is 6. The summed E-state index contributed by atoms with van der Waals surface area (Å²) in [7, 11) is 1.58. The van der Waals surface area contributed by atoms with Crippen LogP contribution in [0.5, 0.6) is 5.75 Å². The Labute approximate surface area is 118 Å². The van der Waals surface area contributed by atoms with Crippen molar-refractivity contribution in [3.8, 4) is 17.1 Å². The SMILES string of the molecule is COc1cncc(-c2nc3nc(SC)nc(N)n3n2)c1. The number of aromatic nitrogens is 6. The van der Waals surface area contributed by atoms with E-state index in [9.17, 15) is 0 Å². The highest BCUT2D eigenvalue weighted by atomic mass is 32.2. The number of hydrogen-bond donors (Lipinski definition) is 1. The molecule has 0 aromatic carbocycles. The van der Waals surface area contributed by atoms with Crippen molar-refractivity contribution in [1.29, 1.82) is 0 Å². The van der Waals surface area contributed by atoms with Gasteiger partial charge in [0, 0.05) is 11.8 Å². The Kier molecular flexibility index (Phi) is 3.11. The Bertz CT molecular complexity index is 773. The Hall–Kier alpha value is -2.42. The van der Waals surface area contributed by atoms with Crippen LogP contribution >= 0.6 is 11.8 Å². The predicted molar refractivity (Wildman–Crippen MR) is 74.6 cm³/mol. The summed E-state index contributed by atoms with van der Waals surface area (Å²) in [5, 5.41) is 4.84. The van der Waals surface area contributed by atoms with E-state index in [0.29, 0.717) is 22.5 Å². The molecule has 0 aliphatic rings. The van der Waals surface area contributed by atoms with E-state index in [1.807, 2.05) is 6.26 Å². The van der Waals surface area contributed by atoms with Gasteiger partial charge in [-0.15, -0.1) is 5.10 Å². The van der Waals surface area contributed by atoms with Crippen LogP contribution in [0.4, 0.5) is 5.95 Å². The van der Waals surface area contributed by atoms with E-state index < -0.39 is 0 Å². The molecule has 0 aliphatic heterocycles. The largest absolute Gasteiger partial charge is 0.495 e. The minimum absolute atomic E-state index is 0.244. The molecule has 3 heterocycles. The van der Waals surface area contributed by atoms with E-state index >= 15 is 0 Å². The minimum Gasteiger partial charge on any atom is -0.495 e. The number of ether oxygens (including phenoxy) is 1. The van der Waals surface area contributed by atoms with Crippen LogP contribution in [0.1, 0.15) is 0 Å². The Morgan fingerprint density at radius 3 is 2.85 bits per heavy atom. The summed E-state index contributed by atoms with van der Waals surface area (Å²) in [6.07, 6.45) is 5.13. The lowest BCUT2D eigenvalue weighted by molar-refractivity contribution is 0.413. The van der Waals surface area contributed by atoms with Crippen molar-refractivity contribution >= 4 is 23.5 Å². The molecule has 0 saturated heterocycles. The van der Waals surface area contributed by atoms with Crippen molar-refractivity contribution in [2.75, 3.05) is 19.1 Å². The first-order chi connectivity index (χ1) is 9.71. The first kappa shape index (κ1) is 12.6. The highest BCUT2D eigenvalue weighted by Crippen LogP contribution is 2.21. The summed E-state index contributed by atoms with van der Waals surface area (Å²) < 4.78 is 6.53. The van der Waals surface area contributed by atoms with Gasteiger partial charge in [0.2, 0.25) is 5.95 Å². The van der Waals surface area contributed by atoms with Gasteiger partial charge in [0.1, 0.15) is 5.75 Å². The molecule has 0 spiro atoms. The van der Waals surface area contributed by atoms with Gasteiger partial charge in [-0.05, 0) is 12.3 Å². The van der Waals surface area contributed by atoms with Crippen LogP contribution < -0.4 is 10.5 Å². The second kappa shape index (κ2) is 4.93. The monoisotopic (exact) mass is 289 g/mol. The van der Waals surface area contributed by atoms with Crippen LogP contribution in [0.2, 0.25) is 0 Å². The predicted octanol–water partition coefficient (Wildman–Crippen LogP) is 0.894. The molecule has 3 aromatic heterocycles. The van der Waals surface area contributed by atoms with Gasteiger partial charge < -0.3 is 10.5 Å². The fourth-order valence-corrected chi connectivity index (χ4v) is 2.01. The quantitative estimate of drug-likeness (QED) is 0.709. The van der Waals surface area contributed by atoms with Gasteiger partial charge in [-0.2, -0.15) is 19.5 Å². The third-order valence-corrected chi connectivity index (χ3v) is 3.15. The maximum absolute atomic E-state index is 5.84. The number of hydrogen-bond acceptors (Lipinski definition) is 8. The van der Waals surface area contributed by atoms with E-state index in [1.54, 1.807) is 25.6 Å². The number of rotatable bonds is 3. The molecular formula is C11H11N7OS. The molecule has 3 rings (SSSR count). The van der Waals surface area contributed by atoms with Crippen molar-refractivity contribution in [2.24, 2.45) is 0 Å². The summed E-state index contributed by atoms with van der Waals surface area (Å²) >= 11 is 1.39. The minimum atomic E-state index is 0.244. The van der Waals surface area contributed by atoms with Crippen LogP contribution in [0, 0.1) is 0 Å². The van der Waals surface area contributed by atoms with E-state index in [1.165, 1.54) is 16.3 Å². The number of nitrogen functional groups attached to an aromatic ring is 1. The number of methoxy groups -OCH3 is 1. The van der Waals surface area contributed by atoms with Crippen molar-refractivity contribution in [2.45, 2.75) is 5.16 Å².